The Morgan fingerprint density at radius 1 is 0.810 bits per heavy atom. The van der Waals surface area contributed by atoms with Crippen molar-refractivity contribution in [2.45, 2.75) is 60.3 Å². The topological polar surface area (TPSA) is 49.3 Å². The minimum atomic E-state index is 0.0401. The fourth-order valence-electron chi connectivity index (χ4n) is 2.72. The van der Waals surface area contributed by atoms with Crippen molar-refractivity contribution in [1.29, 1.82) is 0 Å². The van der Waals surface area contributed by atoms with E-state index in [0.29, 0.717) is 6.54 Å². The number of rotatable bonds is 7. The highest BCUT2D eigenvalue weighted by Crippen LogP contribution is 2.25. The molecule has 0 saturated carbocycles. The molecule has 0 heterocycles. The SMILES string of the molecule is Cc1c(C)c(C)c(C(=O)NCCCCCCO)c(C)c1C. The van der Waals surface area contributed by atoms with Gasteiger partial charge in [0.25, 0.3) is 5.91 Å². The molecule has 0 unspecified atom stereocenters. The van der Waals surface area contributed by atoms with Gasteiger partial charge in [-0.25, -0.2) is 0 Å². The van der Waals surface area contributed by atoms with Crippen LogP contribution in [0.4, 0.5) is 0 Å². The van der Waals surface area contributed by atoms with Crippen LogP contribution in [0.2, 0.25) is 0 Å². The van der Waals surface area contributed by atoms with Crippen LogP contribution in [-0.4, -0.2) is 24.2 Å². The second-order valence-electron chi connectivity index (χ2n) is 5.89. The summed E-state index contributed by atoms with van der Waals surface area (Å²) in [5, 5.41) is 11.8. The van der Waals surface area contributed by atoms with Crippen molar-refractivity contribution in [1.82, 2.24) is 5.32 Å². The van der Waals surface area contributed by atoms with Crippen LogP contribution in [0.3, 0.4) is 0 Å². The number of hydrogen-bond donors (Lipinski definition) is 2. The highest BCUT2D eigenvalue weighted by molar-refractivity contribution is 5.98. The van der Waals surface area contributed by atoms with Crippen molar-refractivity contribution in [2.24, 2.45) is 0 Å². The molecule has 1 aromatic carbocycles. The highest BCUT2D eigenvalue weighted by Gasteiger charge is 2.17. The monoisotopic (exact) mass is 291 g/mol. The number of aliphatic hydroxyl groups excluding tert-OH is 1. The van der Waals surface area contributed by atoms with Crippen molar-refractivity contribution < 1.29 is 9.90 Å². The molecule has 0 fully saturated rings. The molecule has 0 saturated heterocycles. The quantitative estimate of drug-likeness (QED) is 0.755. The molecule has 0 aliphatic rings. The first-order valence-corrected chi connectivity index (χ1v) is 7.87. The number of hydrogen-bond acceptors (Lipinski definition) is 2. The van der Waals surface area contributed by atoms with Crippen molar-refractivity contribution in [2.75, 3.05) is 13.2 Å². The second-order valence-corrected chi connectivity index (χ2v) is 5.89. The maximum atomic E-state index is 12.4. The van der Waals surface area contributed by atoms with Gasteiger partial charge in [0.2, 0.25) is 0 Å². The number of amides is 1. The van der Waals surface area contributed by atoms with E-state index in [4.69, 9.17) is 5.11 Å². The van der Waals surface area contributed by atoms with E-state index in [2.05, 4.69) is 26.1 Å². The van der Waals surface area contributed by atoms with Crippen LogP contribution in [-0.2, 0) is 0 Å². The van der Waals surface area contributed by atoms with Crippen LogP contribution in [0, 0.1) is 34.6 Å². The van der Waals surface area contributed by atoms with Gasteiger partial charge in [-0.1, -0.05) is 12.8 Å². The third-order valence-corrected chi connectivity index (χ3v) is 4.60. The third kappa shape index (κ3) is 4.31. The van der Waals surface area contributed by atoms with Gasteiger partial charge < -0.3 is 10.4 Å². The molecule has 3 nitrogen and oxygen atoms in total. The zero-order valence-electron chi connectivity index (χ0n) is 14.1. The Morgan fingerprint density at radius 3 is 1.81 bits per heavy atom. The van der Waals surface area contributed by atoms with E-state index in [0.717, 1.165) is 42.4 Å². The molecule has 1 rings (SSSR count). The van der Waals surface area contributed by atoms with Gasteiger partial charge in [-0.05, 0) is 75.3 Å². The molecule has 0 bridgehead atoms. The lowest BCUT2D eigenvalue weighted by Crippen LogP contribution is -2.27. The predicted molar refractivity (Wildman–Crippen MR) is 88.0 cm³/mol. The molecule has 0 atom stereocenters. The largest absolute Gasteiger partial charge is 0.396 e. The normalized spacial score (nSPS) is 10.8. The van der Waals surface area contributed by atoms with E-state index in [1.807, 2.05) is 13.8 Å². The maximum Gasteiger partial charge on any atom is 0.251 e. The predicted octanol–water partition coefficient (Wildman–Crippen LogP) is 3.51. The maximum absolute atomic E-state index is 12.4. The van der Waals surface area contributed by atoms with Gasteiger partial charge in [0, 0.05) is 18.7 Å². The Balaban J connectivity index is 2.71. The van der Waals surface area contributed by atoms with E-state index in [9.17, 15) is 4.79 Å². The summed E-state index contributed by atoms with van der Waals surface area (Å²) in [6, 6.07) is 0. The Kier molecular flexibility index (Phi) is 6.90. The second kappa shape index (κ2) is 8.18. The molecular weight excluding hydrogens is 262 g/mol. The van der Waals surface area contributed by atoms with Crippen LogP contribution in [0.1, 0.15) is 63.9 Å². The van der Waals surface area contributed by atoms with Crippen LogP contribution < -0.4 is 5.32 Å². The molecular formula is C18H29NO2. The number of aliphatic hydroxyl groups is 1. The van der Waals surface area contributed by atoms with Crippen molar-refractivity contribution in [3.05, 3.63) is 33.4 Å². The van der Waals surface area contributed by atoms with Gasteiger partial charge in [-0.3, -0.25) is 4.79 Å². The van der Waals surface area contributed by atoms with Crippen LogP contribution in [0.5, 0.6) is 0 Å². The fraction of sp³-hybridized carbons (Fsp3) is 0.611. The molecule has 0 radical (unpaired) electrons. The lowest BCUT2D eigenvalue weighted by Gasteiger charge is -2.18. The summed E-state index contributed by atoms with van der Waals surface area (Å²) in [5.74, 6) is 0.0401. The number of carbonyl (C=O) groups excluding carboxylic acids is 1. The number of carbonyl (C=O) groups is 1. The Morgan fingerprint density at radius 2 is 1.29 bits per heavy atom. The average molecular weight is 291 g/mol. The third-order valence-electron chi connectivity index (χ3n) is 4.60. The molecule has 118 valence electrons. The molecule has 1 amide bonds. The summed E-state index contributed by atoms with van der Waals surface area (Å²) >= 11 is 0. The minimum Gasteiger partial charge on any atom is -0.396 e. The number of unbranched alkanes of at least 4 members (excludes halogenated alkanes) is 3. The molecule has 1 aromatic rings. The highest BCUT2D eigenvalue weighted by atomic mass is 16.2. The molecule has 0 aliphatic heterocycles. The minimum absolute atomic E-state index is 0.0401. The Labute approximate surface area is 128 Å². The summed E-state index contributed by atoms with van der Waals surface area (Å²) in [6.45, 7) is 11.3. The Hall–Kier alpha value is -1.35. The van der Waals surface area contributed by atoms with Gasteiger partial charge in [-0.15, -0.1) is 0 Å². The smallest absolute Gasteiger partial charge is 0.251 e. The van der Waals surface area contributed by atoms with E-state index in [1.54, 1.807) is 0 Å². The molecule has 0 spiro atoms. The first-order valence-electron chi connectivity index (χ1n) is 7.87. The zero-order chi connectivity index (χ0) is 16.0. The van der Waals surface area contributed by atoms with Crippen LogP contribution in [0.15, 0.2) is 0 Å². The molecule has 0 aromatic heterocycles. The zero-order valence-corrected chi connectivity index (χ0v) is 14.1. The van der Waals surface area contributed by atoms with E-state index >= 15 is 0 Å². The van der Waals surface area contributed by atoms with Crippen molar-refractivity contribution in [3.8, 4) is 0 Å². The van der Waals surface area contributed by atoms with Gasteiger partial charge in [0.15, 0.2) is 0 Å². The molecule has 3 heteroatoms. The average Bonchev–Trinajstić information content (AvgIpc) is 2.47. The summed E-state index contributed by atoms with van der Waals surface area (Å²) < 4.78 is 0. The number of nitrogens with one attached hydrogen (secondary N) is 1. The van der Waals surface area contributed by atoms with Gasteiger partial charge in [0.1, 0.15) is 0 Å². The first-order chi connectivity index (χ1) is 9.91. The number of benzene rings is 1. The lowest BCUT2D eigenvalue weighted by atomic mass is 9.89. The molecule has 2 N–H and O–H groups in total. The van der Waals surface area contributed by atoms with E-state index in [1.165, 1.54) is 16.7 Å². The van der Waals surface area contributed by atoms with Crippen molar-refractivity contribution >= 4 is 5.91 Å². The fourth-order valence-corrected chi connectivity index (χ4v) is 2.72. The summed E-state index contributed by atoms with van der Waals surface area (Å²) in [7, 11) is 0. The van der Waals surface area contributed by atoms with Gasteiger partial charge in [-0.2, -0.15) is 0 Å². The molecule has 21 heavy (non-hydrogen) atoms. The van der Waals surface area contributed by atoms with E-state index < -0.39 is 0 Å². The standard InChI is InChI=1S/C18H29NO2/c1-12-13(2)15(4)17(16(5)14(12)3)18(21)19-10-8-6-7-9-11-20/h20H,6-11H2,1-5H3,(H,19,21). The summed E-state index contributed by atoms with van der Waals surface area (Å²) in [6.07, 6.45) is 3.88. The summed E-state index contributed by atoms with van der Waals surface area (Å²) in [4.78, 5) is 12.4. The Bertz CT molecular complexity index is 477. The lowest BCUT2D eigenvalue weighted by molar-refractivity contribution is 0.0951. The summed E-state index contributed by atoms with van der Waals surface area (Å²) in [5.41, 5.74) is 6.73. The van der Waals surface area contributed by atoms with Gasteiger partial charge >= 0.3 is 0 Å². The van der Waals surface area contributed by atoms with Gasteiger partial charge in [0.05, 0.1) is 0 Å². The van der Waals surface area contributed by atoms with Crippen LogP contribution >= 0.6 is 0 Å². The first kappa shape index (κ1) is 17.7. The van der Waals surface area contributed by atoms with Crippen molar-refractivity contribution in [3.63, 3.8) is 0 Å². The van der Waals surface area contributed by atoms with E-state index in [-0.39, 0.29) is 12.5 Å². The molecule has 0 aliphatic carbocycles. The van der Waals surface area contributed by atoms with Crippen LogP contribution in [0.25, 0.3) is 0 Å².